The summed E-state index contributed by atoms with van der Waals surface area (Å²) in [5.41, 5.74) is 7.24. The van der Waals surface area contributed by atoms with Gasteiger partial charge in [0.25, 0.3) is 0 Å². The molecular formula is C16H24BN3O3. The summed E-state index contributed by atoms with van der Waals surface area (Å²) in [6.45, 7) is 9.76. The van der Waals surface area contributed by atoms with E-state index in [1.807, 2.05) is 39.8 Å². The topological polar surface area (TPSA) is 86.5 Å². The molecule has 0 bridgehead atoms. The van der Waals surface area contributed by atoms with Gasteiger partial charge >= 0.3 is 7.12 Å². The number of nitrogen functional groups attached to an aromatic ring is 1. The average molecular weight is 317 g/mol. The molecule has 1 amide bonds. The molecule has 124 valence electrons. The third-order valence-electron chi connectivity index (χ3n) is 4.33. The van der Waals surface area contributed by atoms with Crippen LogP contribution in [-0.2, 0) is 14.1 Å². The predicted octanol–water partition coefficient (Wildman–Crippen LogP) is 1.81. The first-order valence-electron chi connectivity index (χ1n) is 7.62. The largest absolute Gasteiger partial charge is 0.492 e. The third kappa shape index (κ3) is 3.92. The Morgan fingerprint density at radius 3 is 2.48 bits per heavy atom. The maximum atomic E-state index is 11.3. The van der Waals surface area contributed by atoms with E-state index in [1.54, 1.807) is 12.4 Å². The van der Waals surface area contributed by atoms with Crippen LogP contribution in [0.15, 0.2) is 23.9 Å². The van der Waals surface area contributed by atoms with Crippen LogP contribution in [0, 0.1) is 0 Å². The van der Waals surface area contributed by atoms with Crippen LogP contribution < -0.4 is 11.1 Å². The molecule has 0 aliphatic carbocycles. The first kappa shape index (κ1) is 17.5. The number of hydrogen-bond donors (Lipinski definition) is 2. The maximum absolute atomic E-state index is 11.3. The average Bonchev–Trinajstić information content (AvgIpc) is 2.65. The summed E-state index contributed by atoms with van der Waals surface area (Å²) in [5.74, 6) is -0.116. The molecule has 23 heavy (non-hydrogen) atoms. The third-order valence-corrected chi connectivity index (χ3v) is 4.33. The lowest BCUT2D eigenvalue weighted by Crippen LogP contribution is -2.41. The molecule has 0 radical (unpaired) electrons. The van der Waals surface area contributed by atoms with Gasteiger partial charge in [-0.1, -0.05) is 6.08 Å². The van der Waals surface area contributed by atoms with E-state index in [0.717, 1.165) is 11.0 Å². The van der Waals surface area contributed by atoms with Crippen LogP contribution in [-0.4, -0.2) is 35.8 Å². The van der Waals surface area contributed by atoms with Crippen molar-refractivity contribution in [2.45, 2.75) is 45.8 Å². The minimum atomic E-state index is -0.542. The van der Waals surface area contributed by atoms with Crippen molar-refractivity contribution in [2.24, 2.45) is 0 Å². The molecule has 1 aromatic heterocycles. The number of nitrogens with one attached hydrogen (secondary N) is 1. The van der Waals surface area contributed by atoms with Crippen LogP contribution in [0.5, 0.6) is 0 Å². The molecule has 1 saturated heterocycles. The predicted molar refractivity (Wildman–Crippen MR) is 91.4 cm³/mol. The number of nitrogens with two attached hydrogens (primary N) is 1. The zero-order valence-electron chi connectivity index (χ0n) is 14.3. The molecule has 3 N–H and O–H groups in total. The van der Waals surface area contributed by atoms with E-state index in [1.165, 1.54) is 6.92 Å². The summed E-state index contributed by atoms with van der Waals surface area (Å²) in [5, 5.41) is 2.79. The van der Waals surface area contributed by atoms with Gasteiger partial charge in [-0.2, -0.15) is 0 Å². The second kappa shape index (κ2) is 6.33. The molecule has 1 aliphatic rings. The van der Waals surface area contributed by atoms with E-state index < -0.39 is 18.3 Å². The Labute approximate surface area is 137 Å². The van der Waals surface area contributed by atoms with Gasteiger partial charge in [0, 0.05) is 19.7 Å². The van der Waals surface area contributed by atoms with Gasteiger partial charge in [-0.15, -0.1) is 0 Å². The Morgan fingerprint density at radius 2 is 1.96 bits per heavy atom. The van der Waals surface area contributed by atoms with Gasteiger partial charge < -0.3 is 20.4 Å². The first-order chi connectivity index (χ1) is 10.6. The Morgan fingerprint density at radius 1 is 1.35 bits per heavy atom. The quantitative estimate of drug-likeness (QED) is 0.827. The Hall–Kier alpha value is -1.86. The number of amides is 1. The van der Waals surface area contributed by atoms with Crippen LogP contribution in [0.3, 0.4) is 0 Å². The molecule has 0 spiro atoms. The number of carbonyl (C=O) groups excluding carboxylic acids is 1. The standard InChI is InChI=1S/C16H24BN3O3/c1-11(21)20-9-13(8-12-6-7-19-10-14(12)18)17-22-15(2,3)16(4,5)23-17/h6-8,10H,9,18H2,1-5H3,(H,20,21). The SMILES string of the molecule is CC(=O)NCC(=Cc1ccncc1N)B1OC(C)(C)C(C)(C)O1. The van der Waals surface area contributed by atoms with E-state index in [0.29, 0.717) is 12.2 Å². The van der Waals surface area contributed by atoms with Crippen LogP contribution in [0.1, 0.15) is 40.2 Å². The van der Waals surface area contributed by atoms with E-state index in [-0.39, 0.29) is 5.91 Å². The number of pyridine rings is 1. The number of rotatable bonds is 4. The van der Waals surface area contributed by atoms with E-state index in [9.17, 15) is 4.79 Å². The van der Waals surface area contributed by atoms with Crippen molar-refractivity contribution in [2.75, 3.05) is 12.3 Å². The van der Waals surface area contributed by atoms with Crippen molar-refractivity contribution in [1.29, 1.82) is 0 Å². The van der Waals surface area contributed by atoms with Crippen LogP contribution in [0.25, 0.3) is 6.08 Å². The van der Waals surface area contributed by atoms with Crippen molar-refractivity contribution in [3.8, 4) is 0 Å². The molecule has 7 heteroatoms. The monoisotopic (exact) mass is 317 g/mol. The van der Waals surface area contributed by atoms with Crippen molar-refractivity contribution in [3.05, 3.63) is 29.5 Å². The van der Waals surface area contributed by atoms with E-state index in [4.69, 9.17) is 15.0 Å². The Bertz CT molecular complexity index is 613. The van der Waals surface area contributed by atoms with Gasteiger partial charge in [0.15, 0.2) is 0 Å². The lowest BCUT2D eigenvalue weighted by molar-refractivity contribution is -0.118. The van der Waals surface area contributed by atoms with Crippen molar-refractivity contribution < 1.29 is 14.1 Å². The molecule has 1 aliphatic heterocycles. The normalized spacial score (nSPS) is 19.7. The fourth-order valence-corrected chi connectivity index (χ4v) is 2.17. The summed E-state index contributed by atoms with van der Waals surface area (Å²) in [4.78, 5) is 15.3. The number of nitrogens with zero attached hydrogens (tertiary/aromatic N) is 1. The smallest absolute Gasteiger partial charge is 0.400 e. The highest BCUT2D eigenvalue weighted by molar-refractivity contribution is 6.56. The van der Waals surface area contributed by atoms with Crippen LogP contribution in [0.2, 0.25) is 0 Å². The fraction of sp³-hybridized carbons (Fsp3) is 0.500. The highest BCUT2D eigenvalue weighted by Gasteiger charge is 2.52. The minimum absolute atomic E-state index is 0.116. The van der Waals surface area contributed by atoms with Crippen LogP contribution in [0.4, 0.5) is 5.69 Å². The van der Waals surface area contributed by atoms with E-state index in [2.05, 4.69) is 10.3 Å². The molecule has 0 atom stereocenters. The van der Waals surface area contributed by atoms with Crippen molar-refractivity contribution in [1.82, 2.24) is 10.3 Å². The first-order valence-corrected chi connectivity index (χ1v) is 7.62. The van der Waals surface area contributed by atoms with Gasteiger partial charge in [0.2, 0.25) is 5.91 Å². The summed E-state index contributed by atoms with van der Waals surface area (Å²) >= 11 is 0. The number of aromatic nitrogens is 1. The summed E-state index contributed by atoms with van der Waals surface area (Å²) < 4.78 is 12.1. The minimum Gasteiger partial charge on any atom is -0.400 e. The van der Waals surface area contributed by atoms with Gasteiger partial charge in [-0.05, 0) is 44.8 Å². The summed E-state index contributed by atoms with van der Waals surface area (Å²) in [7, 11) is -0.542. The lowest BCUT2D eigenvalue weighted by atomic mass is 9.77. The molecule has 1 aromatic rings. The molecule has 1 fully saturated rings. The van der Waals surface area contributed by atoms with Crippen LogP contribution >= 0.6 is 0 Å². The van der Waals surface area contributed by atoms with Gasteiger partial charge in [0.05, 0.1) is 23.1 Å². The zero-order valence-corrected chi connectivity index (χ0v) is 14.3. The molecule has 6 nitrogen and oxygen atoms in total. The fourth-order valence-electron chi connectivity index (χ4n) is 2.17. The molecule has 2 heterocycles. The number of carbonyl (C=O) groups is 1. The number of anilines is 1. The van der Waals surface area contributed by atoms with Crippen molar-refractivity contribution >= 4 is 24.8 Å². The number of hydrogen-bond acceptors (Lipinski definition) is 5. The van der Waals surface area contributed by atoms with Gasteiger partial charge in [0.1, 0.15) is 0 Å². The molecule has 0 aromatic carbocycles. The Balaban J connectivity index is 2.32. The van der Waals surface area contributed by atoms with E-state index >= 15 is 0 Å². The Kier molecular flexibility index (Phi) is 4.82. The second-order valence-electron chi connectivity index (χ2n) is 6.72. The zero-order chi connectivity index (χ0) is 17.3. The molecule has 0 unspecified atom stereocenters. The van der Waals surface area contributed by atoms with Gasteiger partial charge in [-0.25, -0.2) is 0 Å². The molecular weight excluding hydrogens is 293 g/mol. The highest BCUT2D eigenvalue weighted by atomic mass is 16.7. The summed E-state index contributed by atoms with van der Waals surface area (Å²) in [6, 6.07) is 1.81. The highest BCUT2D eigenvalue weighted by Crippen LogP contribution is 2.38. The lowest BCUT2D eigenvalue weighted by Gasteiger charge is -2.32. The maximum Gasteiger partial charge on any atom is 0.492 e. The van der Waals surface area contributed by atoms with Crippen molar-refractivity contribution in [3.63, 3.8) is 0 Å². The molecule has 0 saturated carbocycles. The summed E-state index contributed by atoms with van der Waals surface area (Å²) in [6.07, 6.45) is 5.14. The second-order valence-corrected chi connectivity index (χ2v) is 6.72. The van der Waals surface area contributed by atoms with Gasteiger partial charge in [-0.3, -0.25) is 9.78 Å². The molecule has 2 rings (SSSR count).